The Labute approximate surface area is 128 Å². The number of likely N-dealkylation sites (N-methyl/N-ethyl adjacent to an activating group) is 2. The van der Waals surface area contributed by atoms with Gasteiger partial charge in [0.25, 0.3) is 0 Å². The second-order valence-corrected chi connectivity index (χ2v) is 6.25. The Morgan fingerprint density at radius 1 is 1.33 bits per heavy atom. The van der Waals surface area contributed by atoms with Crippen molar-refractivity contribution >= 4 is 0 Å². The summed E-state index contributed by atoms with van der Waals surface area (Å²) < 4.78 is 13.5. The predicted molar refractivity (Wildman–Crippen MR) is 86.1 cm³/mol. The highest BCUT2D eigenvalue weighted by Gasteiger charge is 2.25. The third-order valence-corrected chi connectivity index (χ3v) is 4.52. The van der Waals surface area contributed by atoms with Gasteiger partial charge in [0.1, 0.15) is 5.82 Å². The smallest absolute Gasteiger partial charge is 0.126 e. The molecule has 0 bridgehead atoms. The molecule has 3 nitrogen and oxygen atoms in total. The monoisotopic (exact) mass is 293 g/mol. The van der Waals surface area contributed by atoms with Gasteiger partial charge in [0.2, 0.25) is 0 Å². The van der Waals surface area contributed by atoms with Crippen LogP contribution in [0.15, 0.2) is 18.2 Å². The lowest BCUT2D eigenvalue weighted by Gasteiger charge is -2.39. The molecule has 0 aromatic heterocycles. The molecule has 1 fully saturated rings. The van der Waals surface area contributed by atoms with Gasteiger partial charge < -0.3 is 15.1 Å². The first-order valence-corrected chi connectivity index (χ1v) is 7.89. The van der Waals surface area contributed by atoms with Gasteiger partial charge in [-0.1, -0.05) is 19.1 Å². The van der Waals surface area contributed by atoms with Crippen LogP contribution in [0.4, 0.5) is 4.39 Å². The van der Waals surface area contributed by atoms with Crippen LogP contribution in [0.1, 0.15) is 30.5 Å². The molecule has 1 aromatic carbocycles. The van der Waals surface area contributed by atoms with Crippen LogP contribution in [0.3, 0.4) is 0 Å². The molecule has 0 saturated carbocycles. The van der Waals surface area contributed by atoms with E-state index in [4.69, 9.17) is 0 Å². The van der Waals surface area contributed by atoms with Crippen LogP contribution in [0.25, 0.3) is 0 Å². The molecule has 0 radical (unpaired) electrons. The highest BCUT2D eigenvalue weighted by molar-refractivity contribution is 5.26. The van der Waals surface area contributed by atoms with Gasteiger partial charge in [-0.3, -0.25) is 0 Å². The number of aryl methyl sites for hydroxylation is 1. The molecule has 118 valence electrons. The van der Waals surface area contributed by atoms with Crippen molar-refractivity contribution < 1.29 is 4.39 Å². The summed E-state index contributed by atoms with van der Waals surface area (Å²) in [7, 11) is 4.39. The maximum absolute atomic E-state index is 13.5. The summed E-state index contributed by atoms with van der Waals surface area (Å²) in [5, 5.41) is 3.56. The van der Waals surface area contributed by atoms with Crippen LogP contribution < -0.4 is 5.32 Å². The number of nitrogens with zero attached hydrogens (tertiary/aromatic N) is 2. The zero-order valence-corrected chi connectivity index (χ0v) is 13.7. The highest BCUT2D eigenvalue weighted by atomic mass is 19.1. The lowest BCUT2D eigenvalue weighted by molar-refractivity contribution is 0.101. The average molecular weight is 293 g/mol. The second kappa shape index (κ2) is 7.34. The van der Waals surface area contributed by atoms with E-state index in [2.05, 4.69) is 36.1 Å². The first kappa shape index (κ1) is 16.4. The number of benzene rings is 1. The van der Waals surface area contributed by atoms with Crippen molar-refractivity contribution in [3.05, 3.63) is 35.1 Å². The molecular formula is C17H28FN3. The molecule has 0 amide bonds. The Bertz CT molecular complexity index is 463. The Morgan fingerprint density at radius 2 is 2.10 bits per heavy atom. The summed E-state index contributed by atoms with van der Waals surface area (Å²) in [5.41, 5.74) is 1.92. The molecule has 2 rings (SSSR count). The van der Waals surface area contributed by atoms with E-state index in [1.807, 2.05) is 19.1 Å². The van der Waals surface area contributed by atoms with E-state index < -0.39 is 0 Å². The zero-order chi connectivity index (χ0) is 15.4. The number of halogens is 1. The molecule has 0 aliphatic carbocycles. The Morgan fingerprint density at radius 3 is 2.76 bits per heavy atom. The third-order valence-electron chi connectivity index (χ3n) is 4.52. The number of hydrogen-bond acceptors (Lipinski definition) is 3. The highest BCUT2D eigenvalue weighted by Crippen LogP contribution is 2.24. The van der Waals surface area contributed by atoms with E-state index in [9.17, 15) is 4.39 Å². The van der Waals surface area contributed by atoms with Crippen LogP contribution in [0.5, 0.6) is 0 Å². The van der Waals surface area contributed by atoms with Crippen molar-refractivity contribution in [2.24, 2.45) is 0 Å². The third kappa shape index (κ3) is 4.25. The second-order valence-electron chi connectivity index (χ2n) is 6.25. The SMILES string of the molecule is CCNC(CC1CN(C)CCN1C)c1ccc(F)c(C)c1. The van der Waals surface area contributed by atoms with E-state index >= 15 is 0 Å². The fraction of sp³-hybridized carbons (Fsp3) is 0.647. The van der Waals surface area contributed by atoms with E-state index in [0.29, 0.717) is 6.04 Å². The van der Waals surface area contributed by atoms with Crippen molar-refractivity contribution in [1.29, 1.82) is 0 Å². The lowest BCUT2D eigenvalue weighted by atomic mass is 9.96. The predicted octanol–water partition coefficient (Wildman–Crippen LogP) is 2.42. The van der Waals surface area contributed by atoms with E-state index in [0.717, 1.165) is 38.2 Å². The van der Waals surface area contributed by atoms with Crippen molar-refractivity contribution in [2.45, 2.75) is 32.4 Å². The molecule has 21 heavy (non-hydrogen) atoms. The fourth-order valence-corrected chi connectivity index (χ4v) is 3.10. The van der Waals surface area contributed by atoms with Crippen molar-refractivity contribution in [3.8, 4) is 0 Å². The normalized spacial score (nSPS) is 22.4. The molecule has 1 N–H and O–H groups in total. The topological polar surface area (TPSA) is 18.5 Å². The lowest BCUT2D eigenvalue weighted by Crippen LogP contribution is -2.51. The van der Waals surface area contributed by atoms with Gasteiger partial charge in [-0.15, -0.1) is 0 Å². The number of nitrogens with one attached hydrogen (secondary N) is 1. The van der Waals surface area contributed by atoms with Crippen LogP contribution in [-0.4, -0.2) is 56.1 Å². The standard InChI is InChI=1S/C17H28FN3/c1-5-19-17(14-6-7-16(18)13(2)10-14)11-15-12-20(3)8-9-21(15)4/h6-7,10,15,17,19H,5,8-9,11-12H2,1-4H3. The van der Waals surface area contributed by atoms with Crippen molar-refractivity contribution in [1.82, 2.24) is 15.1 Å². The molecule has 0 spiro atoms. The number of rotatable bonds is 5. The largest absolute Gasteiger partial charge is 0.310 e. The van der Waals surface area contributed by atoms with Crippen LogP contribution >= 0.6 is 0 Å². The summed E-state index contributed by atoms with van der Waals surface area (Å²) in [6.45, 7) is 8.23. The summed E-state index contributed by atoms with van der Waals surface area (Å²) in [5.74, 6) is -0.122. The van der Waals surface area contributed by atoms with Crippen LogP contribution in [0.2, 0.25) is 0 Å². The summed E-state index contributed by atoms with van der Waals surface area (Å²) in [6.07, 6.45) is 1.06. The summed E-state index contributed by atoms with van der Waals surface area (Å²) in [4.78, 5) is 4.84. The van der Waals surface area contributed by atoms with Gasteiger partial charge in [0.15, 0.2) is 0 Å². The Hall–Kier alpha value is -0.970. The summed E-state index contributed by atoms with van der Waals surface area (Å²) in [6, 6.07) is 6.31. The molecular weight excluding hydrogens is 265 g/mol. The molecule has 1 heterocycles. The quantitative estimate of drug-likeness (QED) is 0.899. The Kier molecular flexibility index (Phi) is 5.73. The average Bonchev–Trinajstić information content (AvgIpc) is 2.45. The van der Waals surface area contributed by atoms with E-state index in [-0.39, 0.29) is 11.9 Å². The molecule has 1 aliphatic rings. The molecule has 1 saturated heterocycles. The maximum Gasteiger partial charge on any atom is 0.126 e. The first-order valence-electron chi connectivity index (χ1n) is 7.89. The Balaban J connectivity index is 2.12. The minimum absolute atomic E-state index is 0.122. The molecule has 1 aromatic rings. The number of hydrogen-bond donors (Lipinski definition) is 1. The van der Waals surface area contributed by atoms with Gasteiger partial charge in [-0.25, -0.2) is 4.39 Å². The first-order chi connectivity index (χ1) is 10.0. The van der Waals surface area contributed by atoms with Crippen molar-refractivity contribution in [3.63, 3.8) is 0 Å². The van der Waals surface area contributed by atoms with Gasteiger partial charge in [-0.2, -0.15) is 0 Å². The molecule has 2 atom stereocenters. The minimum atomic E-state index is -0.122. The maximum atomic E-state index is 13.5. The van der Waals surface area contributed by atoms with Gasteiger partial charge in [-0.05, 0) is 51.2 Å². The van der Waals surface area contributed by atoms with Gasteiger partial charge >= 0.3 is 0 Å². The summed E-state index contributed by atoms with van der Waals surface area (Å²) >= 11 is 0. The fourth-order valence-electron chi connectivity index (χ4n) is 3.10. The van der Waals surface area contributed by atoms with Crippen LogP contribution in [0, 0.1) is 12.7 Å². The van der Waals surface area contributed by atoms with Crippen LogP contribution in [-0.2, 0) is 0 Å². The van der Waals surface area contributed by atoms with Crippen molar-refractivity contribution in [2.75, 3.05) is 40.3 Å². The van der Waals surface area contributed by atoms with E-state index in [1.54, 1.807) is 6.07 Å². The molecule has 1 aliphatic heterocycles. The van der Waals surface area contributed by atoms with Gasteiger partial charge in [0.05, 0.1) is 0 Å². The van der Waals surface area contributed by atoms with E-state index in [1.165, 1.54) is 5.56 Å². The molecule has 2 unspecified atom stereocenters. The minimum Gasteiger partial charge on any atom is -0.310 e. The number of piperazine rings is 1. The molecule has 4 heteroatoms. The zero-order valence-electron chi connectivity index (χ0n) is 13.7. The van der Waals surface area contributed by atoms with Gasteiger partial charge in [0, 0.05) is 31.7 Å².